The number of hydrogen-bond acceptors (Lipinski definition) is 3. The molecule has 0 fully saturated rings. The molecule has 0 saturated heterocycles. The Kier molecular flexibility index (Phi) is 1.67. The Hall–Kier alpha value is -1.00. The van der Waals surface area contributed by atoms with Gasteiger partial charge in [0.2, 0.25) is 0 Å². The van der Waals surface area contributed by atoms with Gasteiger partial charge in [0.25, 0.3) is 0 Å². The van der Waals surface area contributed by atoms with Crippen molar-refractivity contribution in [2.45, 2.75) is 13.5 Å². The second-order valence-corrected chi connectivity index (χ2v) is 3.93. The highest BCUT2D eigenvalue weighted by Gasteiger charge is 2.04. The van der Waals surface area contributed by atoms with Gasteiger partial charge in [-0.3, -0.25) is 4.98 Å². The molecule has 0 radical (unpaired) electrons. The summed E-state index contributed by atoms with van der Waals surface area (Å²) in [5.41, 5.74) is 1.78. The van der Waals surface area contributed by atoms with Crippen molar-refractivity contribution in [3.8, 4) is 0 Å². The highest BCUT2D eigenvalue weighted by atomic mass is 79.9. The zero-order chi connectivity index (χ0) is 15.1. The number of ether oxygens (including phenoxy) is 1. The number of halogens is 1. The predicted molar refractivity (Wildman–Crippen MR) is 62.7 cm³/mol. The van der Waals surface area contributed by atoms with Crippen LogP contribution in [0.4, 0.5) is 0 Å². The Bertz CT molecular complexity index is 659. The van der Waals surface area contributed by atoms with E-state index in [1.807, 2.05) is 13.0 Å². The van der Waals surface area contributed by atoms with Crippen molar-refractivity contribution in [1.29, 1.82) is 0 Å². The third-order valence-electron chi connectivity index (χ3n) is 1.90. The maximum Gasteiger partial charge on any atom is 0.103 e. The lowest BCUT2D eigenvalue weighted by Gasteiger charge is -2.04. The summed E-state index contributed by atoms with van der Waals surface area (Å²) in [5, 5.41) is 0. The van der Waals surface area contributed by atoms with Gasteiger partial charge in [0.15, 0.2) is 0 Å². The van der Waals surface area contributed by atoms with E-state index in [1.54, 1.807) is 6.07 Å². The molecule has 0 atom stereocenters. The van der Waals surface area contributed by atoms with Gasteiger partial charge in [-0.1, -0.05) is 0 Å². The maximum absolute atomic E-state index is 7.68. The summed E-state index contributed by atoms with van der Waals surface area (Å²) in [4.78, 5) is 8.22. The van der Waals surface area contributed by atoms with Gasteiger partial charge in [-0.2, -0.15) is 0 Å². The smallest absolute Gasteiger partial charge is 0.103 e. The van der Waals surface area contributed by atoms with Crippen molar-refractivity contribution < 1.29 is 11.6 Å². The third-order valence-corrected chi connectivity index (χ3v) is 2.50. The van der Waals surface area contributed by atoms with Crippen molar-refractivity contribution in [3.05, 3.63) is 34.1 Å². The lowest BCUT2D eigenvalue weighted by Crippen LogP contribution is -1.95. The zero-order valence-corrected chi connectivity index (χ0v) is 9.50. The standard InChI is InChI=1S/C11H11BrN2O/c1-7-3-9(12)11-10(4-7)14-8(5-13-11)6-15-2/h3-5H,6H2,1-2H3/i2D3,6D2. The molecular weight excluding hydrogens is 256 g/mol. The summed E-state index contributed by atoms with van der Waals surface area (Å²) in [6, 6.07) is 3.60. The third kappa shape index (κ3) is 2.16. The molecule has 1 aromatic carbocycles. The van der Waals surface area contributed by atoms with E-state index in [0.717, 1.165) is 10.0 Å². The van der Waals surface area contributed by atoms with Crippen LogP contribution in [0.3, 0.4) is 0 Å². The van der Waals surface area contributed by atoms with Crippen LogP contribution in [0.25, 0.3) is 11.0 Å². The Morgan fingerprint density at radius 2 is 2.47 bits per heavy atom. The number of benzene rings is 1. The topological polar surface area (TPSA) is 35.0 Å². The lowest BCUT2D eigenvalue weighted by molar-refractivity contribution is 0.181. The summed E-state index contributed by atoms with van der Waals surface area (Å²) >= 11 is 3.35. The molecule has 0 N–H and O–H groups in total. The molecule has 0 aliphatic rings. The second-order valence-electron chi connectivity index (χ2n) is 3.07. The summed E-state index contributed by atoms with van der Waals surface area (Å²) in [6.07, 6.45) is 1.17. The molecule has 2 aromatic rings. The SMILES string of the molecule is [2H]C([2H])([2H])OC([2H])([2H])c1cnc2c(Br)cc(C)cc2n1. The van der Waals surface area contributed by atoms with Crippen LogP contribution >= 0.6 is 15.9 Å². The highest BCUT2D eigenvalue weighted by molar-refractivity contribution is 9.10. The number of rotatable bonds is 2. The lowest BCUT2D eigenvalue weighted by atomic mass is 10.2. The fraction of sp³-hybridized carbons (Fsp3) is 0.273. The first-order valence-electron chi connectivity index (χ1n) is 6.72. The average molecular weight is 272 g/mol. The fourth-order valence-corrected chi connectivity index (χ4v) is 1.98. The van der Waals surface area contributed by atoms with Gasteiger partial charge in [-0.15, -0.1) is 0 Å². The van der Waals surface area contributed by atoms with Crippen LogP contribution in [0.15, 0.2) is 22.8 Å². The van der Waals surface area contributed by atoms with Crippen molar-refractivity contribution in [3.63, 3.8) is 0 Å². The zero-order valence-electron chi connectivity index (χ0n) is 12.9. The van der Waals surface area contributed by atoms with Gasteiger partial charge in [-0.25, -0.2) is 4.98 Å². The summed E-state index contributed by atoms with van der Waals surface area (Å²) in [6.45, 7) is -0.672. The highest BCUT2D eigenvalue weighted by Crippen LogP contribution is 2.22. The van der Waals surface area contributed by atoms with Gasteiger partial charge in [0.1, 0.15) is 5.52 Å². The summed E-state index contributed by atoms with van der Waals surface area (Å²) in [7, 11) is -2.85. The molecule has 78 valence electrons. The van der Waals surface area contributed by atoms with Gasteiger partial charge < -0.3 is 4.74 Å². The minimum atomic E-state index is -2.85. The van der Waals surface area contributed by atoms with Crippen LogP contribution in [-0.4, -0.2) is 17.0 Å². The molecule has 0 aliphatic carbocycles. The Morgan fingerprint density at radius 3 is 3.27 bits per heavy atom. The monoisotopic (exact) mass is 271 g/mol. The summed E-state index contributed by atoms with van der Waals surface area (Å²) < 4.78 is 41.5. The predicted octanol–water partition coefficient (Wildman–Crippen LogP) is 2.85. The quantitative estimate of drug-likeness (QED) is 0.843. The van der Waals surface area contributed by atoms with Gasteiger partial charge in [0.05, 0.1) is 30.8 Å². The van der Waals surface area contributed by atoms with Crippen molar-refractivity contribution in [1.82, 2.24) is 9.97 Å². The Labute approximate surface area is 104 Å². The van der Waals surface area contributed by atoms with Gasteiger partial charge in [0, 0.05) is 11.5 Å². The van der Waals surface area contributed by atoms with Crippen LogP contribution in [0.1, 0.15) is 18.1 Å². The van der Waals surface area contributed by atoms with Crippen LogP contribution < -0.4 is 0 Å². The second kappa shape index (κ2) is 4.24. The van der Waals surface area contributed by atoms with Crippen LogP contribution in [0, 0.1) is 6.92 Å². The molecule has 0 amide bonds. The maximum atomic E-state index is 7.68. The molecule has 0 bridgehead atoms. The molecule has 0 aliphatic heterocycles. The van der Waals surface area contributed by atoms with Crippen LogP contribution in [-0.2, 0) is 11.3 Å². The molecule has 0 unspecified atom stereocenters. The molecule has 4 heteroatoms. The number of nitrogens with zero attached hydrogens (tertiary/aromatic N) is 2. The molecule has 0 spiro atoms. The molecule has 0 saturated carbocycles. The number of hydrogen-bond donors (Lipinski definition) is 0. The van der Waals surface area contributed by atoms with Crippen molar-refractivity contribution in [2.24, 2.45) is 0 Å². The number of fused-ring (bicyclic) bond motifs is 1. The molecule has 15 heavy (non-hydrogen) atoms. The molecule has 1 aromatic heterocycles. The van der Waals surface area contributed by atoms with E-state index in [9.17, 15) is 0 Å². The van der Waals surface area contributed by atoms with E-state index in [1.165, 1.54) is 6.20 Å². The van der Waals surface area contributed by atoms with E-state index in [2.05, 4.69) is 30.6 Å². The normalized spacial score (nSPS) is 17.6. The van der Waals surface area contributed by atoms with Gasteiger partial charge >= 0.3 is 0 Å². The van der Waals surface area contributed by atoms with Crippen molar-refractivity contribution in [2.75, 3.05) is 7.04 Å². The van der Waals surface area contributed by atoms with Gasteiger partial charge in [-0.05, 0) is 40.5 Å². The molecule has 2 rings (SSSR count). The van der Waals surface area contributed by atoms with E-state index in [4.69, 9.17) is 6.85 Å². The fourth-order valence-electron chi connectivity index (χ4n) is 1.32. The Morgan fingerprint density at radius 1 is 1.60 bits per heavy atom. The number of aryl methyl sites for hydroxylation is 1. The first-order valence-corrected chi connectivity index (χ1v) is 5.01. The van der Waals surface area contributed by atoms with Crippen LogP contribution in [0.2, 0.25) is 0 Å². The first kappa shape index (κ1) is 5.92. The molecule has 3 nitrogen and oxygen atoms in total. The summed E-state index contributed by atoms with van der Waals surface area (Å²) in [5.74, 6) is 0. The number of aromatic nitrogens is 2. The van der Waals surface area contributed by atoms with Crippen LogP contribution in [0.5, 0.6) is 0 Å². The van der Waals surface area contributed by atoms with Crippen molar-refractivity contribution >= 4 is 27.0 Å². The molecule has 1 heterocycles. The van der Waals surface area contributed by atoms with E-state index >= 15 is 0 Å². The van der Waals surface area contributed by atoms with E-state index < -0.39 is 13.6 Å². The molecular formula is C11H11BrN2O. The average Bonchev–Trinajstić information content (AvgIpc) is 2.24. The Balaban J connectivity index is 2.51. The number of methoxy groups -OCH3 is 1. The first-order chi connectivity index (χ1) is 9.08. The minimum Gasteiger partial charge on any atom is -0.378 e. The van der Waals surface area contributed by atoms with E-state index in [-0.39, 0.29) is 5.69 Å². The minimum absolute atomic E-state index is 0.182. The largest absolute Gasteiger partial charge is 0.378 e. The van der Waals surface area contributed by atoms with E-state index in [0.29, 0.717) is 11.0 Å².